The van der Waals surface area contributed by atoms with E-state index < -0.39 is 5.91 Å². The van der Waals surface area contributed by atoms with Gasteiger partial charge in [-0.3, -0.25) is 14.4 Å². The Bertz CT molecular complexity index is 1230. The van der Waals surface area contributed by atoms with Crippen molar-refractivity contribution in [3.63, 3.8) is 0 Å². The summed E-state index contributed by atoms with van der Waals surface area (Å²) in [5.74, 6) is -0.503. The van der Waals surface area contributed by atoms with Crippen LogP contribution in [-0.4, -0.2) is 41.2 Å². The second-order valence-electron chi connectivity index (χ2n) is 9.27. The number of unbranched alkanes of at least 4 members (excludes halogenated alkanes) is 1. The monoisotopic (exact) mass is 510 g/mol. The zero-order valence-electron chi connectivity index (χ0n) is 20.6. The van der Waals surface area contributed by atoms with Crippen molar-refractivity contribution in [3.05, 3.63) is 53.4 Å². The molecule has 3 aromatic rings. The van der Waals surface area contributed by atoms with Gasteiger partial charge in [-0.25, -0.2) is 4.98 Å². The number of pyridine rings is 1. The fourth-order valence-corrected chi connectivity index (χ4v) is 4.71. The van der Waals surface area contributed by atoms with Crippen molar-refractivity contribution in [3.8, 4) is 0 Å². The first-order valence-corrected chi connectivity index (χ1v) is 12.8. The third-order valence-electron chi connectivity index (χ3n) is 6.69. The Morgan fingerprint density at radius 2 is 1.78 bits per heavy atom. The summed E-state index contributed by atoms with van der Waals surface area (Å²) in [5, 5.41) is 6.72. The van der Waals surface area contributed by atoms with Gasteiger partial charge in [-0.05, 0) is 56.4 Å². The molecule has 1 aromatic carbocycles. The molecule has 1 fully saturated rings. The number of aromatic nitrogens is 1. The Kier molecular flexibility index (Phi) is 8.25. The molecule has 9 heteroatoms. The Morgan fingerprint density at radius 1 is 1.06 bits per heavy atom. The van der Waals surface area contributed by atoms with Crippen LogP contribution in [0.25, 0.3) is 11.0 Å². The van der Waals surface area contributed by atoms with E-state index in [0.29, 0.717) is 53.2 Å². The minimum atomic E-state index is -0.527. The van der Waals surface area contributed by atoms with Crippen molar-refractivity contribution in [2.24, 2.45) is 11.8 Å². The number of nitrogens with one attached hydrogen (secondary N) is 2. The van der Waals surface area contributed by atoms with Gasteiger partial charge < -0.3 is 20.0 Å². The molecule has 0 unspecified atom stereocenters. The SMILES string of the molecule is CCCCN(C)C(=O)C1CCC(C(=O)Nc2c(C(=O)Nc3ccc(Cl)cn3)oc3ccccc23)CC1. The number of benzene rings is 1. The molecule has 1 aliphatic carbocycles. The number of fused-ring (bicyclic) bond motifs is 1. The summed E-state index contributed by atoms with van der Waals surface area (Å²) in [5.41, 5.74) is 0.825. The van der Waals surface area contributed by atoms with Crippen LogP contribution in [0, 0.1) is 11.8 Å². The van der Waals surface area contributed by atoms with Crippen LogP contribution < -0.4 is 10.6 Å². The molecule has 190 valence electrons. The Hall–Kier alpha value is -3.39. The van der Waals surface area contributed by atoms with Gasteiger partial charge >= 0.3 is 0 Å². The number of amides is 3. The third kappa shape index (κ3) is 5.87. The summed E-state index contributed by atoms with van der Waals surface area (Å²) >= 11 is 5.87. The Labute approximate surface area is 215 Å². The number of nitrogens with zero attached hydrogens (tertiary/aromatic N) is 2. The smallest absolute Gasteiger partial charge is 0.294 e. The van der Waals surface area contributed by atoms with Gasteiger partial charge in [-0.15, -0.1) is 0 Å². The fourth-order valence-electron chi connectivity index (χ4n) is 4.60. The van der Waals surface area contributed by atoms with Crippen molar-refractivity contribution in [2.75, 3.05) is 24.2 Å². The van der Waals surface area contributed by atoms with Crippen LogP contribution in [0.2, 0.25) is 5.02 Å². The highest BCUT2D eigenvalue weighted by molar-refractivity contribution is 6.30. The Morgan fingerprint density at radius 3 is 2.47 bits per heavy atom. The predicted octanol–water partition coefficient (Wildman–Crippen LogP) is 5.74. The minimum Gasteiger partial charge on any atom is -0.449 e. The van der Waals surface area contributed by atoms with Crippen LogP contribution in [0.15, 0.2) is 47.0 Å². The zero-order chi connectivity index (χ0) is 25.7. The van der Waals surface area contributed by atoms with Gasteiger partial charge in [0.05, 0.1) is 5.02 Å². The summed E-state index contributed by atoms with van der Waals surface area (Å²) < 4.78 is 5.82. The van der Waals surface area contributed by atoms with Crippen LogP contribution in [0.5, 0.6) is 0 Å². The summed E-state index contributed by atoms with van der Waals surface area (Å²) in [6.45, 7) is 2.87. The number of carbonyl (C=O) groups is 3. The molecule has 3 amide bonds. The molecule has 2 N–H and O–H groups in total. The third-order valence-corrected chi connectivity index (χ3v) is 6.91. The number of hydrogen-bond donors (Lipinski definition) is 2. The van der Waals surface area contributed by atoms with E-state index in [2.05, 4.69) is 22.5 Å². The van der Waals surface area contributed by atoms with Gasteiger partial charge in [0.1, 0.15) is 17.1 Å². The van der Waals surface area contributed by atoms with Crippen LogP contribution in [0.1, 0.15) is 56.0 Å². The lowest BCUT2D eigenvalue weighted by molar-refractivity contribution is -0.136. The molecular weight excluding hydrogens is 480 g/mol. The summed E-state index contributed by atoms with van der Waals surface area (Å²) in [6.07, 6.45) is 6.06. The van der Waals surface area contributed by atoms with Crippen molar-refractivity contribution >= 4 is 51.8 Å². The molecule has 0 atom stereocenters. The van der Waals surface area contributed by atoms with E-state index in [0.717, 1.165) is 19.4 Å². The summed E-state index contributed by atoms with van der Waals surface area (Å²) in [7, 11) is 1.85. The van der Waals surface area contributed by atoms with Crippen LogP contribution in [0.3, 0.4) is 0 Å². The lowest BCUT2D eigenvalue weighted by atomic mass is 9.81. The zero-order valence-corrected chi connectivity index (χ0v) is 21.3. The topological polar surface area (TPSA) is 105 Å². The fraction of sp³-hybridized carbons (Fsp3) is 0.407. The first kappa shape index (κ1) is 25.7. The van der Waals surface area contributed by atoms with Crippen LogP contribution >= 0.6 is 11.6 Å². The van der Waals surface area contributed by atoms with Gasteiger partial charge in [0.2, 0.25) is 17.6 Å². The van der Waals surface area contributed by atoms with Gasteiger partial charge in [-0.1, -0.05) is 37.1 Å². The quantitative estimate of drug-likeness (QED) is 0.402. The number of halogens is 1. The second-order valence-corrected chi connectivity index (χ2v) is 9.71. The van der Waals surface area contributed by atoms with E-state index in [-0.39, 0.29) is 29.4 Å². The molecule has 2 aromatic heterocycles. The molecule has 1 aliphatic rings. The highest BCUT2D eigenvalue weighted by Gasteiger charge is 2.32. The van der Waals surface area contributed by atoms with E-state index in [1.165, 1.54) is 6.20 Å². The first-order chi connectivity index (χ1) is 17.4. The highest BCUT2D eigenvalue weighted by Crippen LogP contribution is 2.35. The van der Waals surface area contributed by atoms with Crippen molar-refractivity contribution in [1.29, 1.82) is 0 Å². The normalized spacial score (nSPS) is 17.5. The Balaban J connectivity index is 1.45. The number of rotatable bonds is 8. The average molecular weight is 511 g/mol. The van der Waals surface area contributed by atoms with Crippen LogP contribution in [-0.2, 0) is 9.59 Å². The maximum absolute atomic E-state index is 13.2. The molecule has 0 bridgehead atoms. The second kappa shape index (κ2) is 11.6. The molecule has 1 saturated carbocycles. The average Bonchev–Trinajstić information content (AvgIpc) is 3.26. The number of furan rings is 1. The highest BCUT2D eigenvalue weighted by atomic mass is 35.5. The lowest BCUT2D eigenvalue weighted by Gasteiger charge is -2.30. The molecule has 0 spiro atoms. The molecule has 0 saturated heterocycles. The molecular formula is C27H31ClN4O4. The van der Waals surface area contributed by atoms with E-state index in [1.807, 2.05) is 18.0 Å². The van der Waals surface area contributed by atoms with E-state index in [1.54, 1.807) is 30.3 Å². The number of hydrogen-bond acceptors (Lipinski definition) is 5. The van der Waals surface area contributed by atoms with Crippen molar-refractivity contribution in [1.82, 2.24) is 9.88 Å². The molecule has 2 heterocycles. The van der Waals surface area contributed by atoms with E-state index in [4.69, 9.17) is 16.0 Å². The minimum absolute atomic E-state index is 0.00251. The van der Waals surface area contributed by atoms with Crippen LogP contribution in [0.4, 0.5) is 11.5 Å². The molecule has 0 radical (unpaired) electrons. The first-order valence-electron chi connectivity index (χ1n) is 12.4. The number of carbonyl (C=O) groups excluding carboxylic acids is 3. The number of anilines is 2. The summed E-state index contributed by atoms with van der Waals surface area (Å²) in [6, 6.07) is 10.4. The standard InChI is InChI=1S/C27H31ClN4O4/c1-3-4-15-32(2)27(35)18-11-9-17(10-12-18)25(33)31-23-20-7-5-6-8-21(20)36-24(23)26(34)30-22-14-13-19(28)16-29-22/h5-8,13-14,16-18H,3-4,9-12,15H2,1-2H3,(H,31,33)(H,29,30,34). The van der Waals surface area contributed by atoms with E-state index in [9.17, 15) is 14.4 Å². The van der Waals surface area contributed by atoms with Gasteiger partial charge in [-0.2, -0.15) is 0 Å². The molecule has 4 rings (SSSR count). The van der Waals surface area contributed by atoms with Gasteiger partial charge in [0.25, 0.3) is 5.91 Å². The van der Waals surface area contributed by atoms with Gasteiger partial charge in [0.15, 0.2) is 0 Å². The lowest BCUT2D eigenvalue weighted by Crippen LogP contribution is -2.37. The number of para-hydroxylation sites is 1. The maximum atomic E-state index is 13.2. The molecule has 36 heavy (non-hydrogen) atoms. The van der Waals surface area contributed by atoms with E-state index >= 15 is 0 Å². The van der Waals surface area contributed by atoms with Crippen molar-refractivity contribution in [2.45, 2.75) is 45.4 Å². The summed E-state index contributed by atoms with van der Waals surface area (Å²) in [4.78, 5) is 44.9. The largest absolute Gasteiger partial charge is 0.449 e. The maximum Gasteiger partial charge on any atom is 0.294 e. The molecule has 0 aliphatic heterocycles. The molecule has 8 nitrogen and oxygen atoms in total. The van der Waals surface area contributed by atoms with Gasteiger partial charge in [0, 0.05) is 37.0 Å². The predicted molar refractivity (Wildman–Crippen MR) is 140 cm³/mol. The van der Waals surface area contributed by atoms with Crippen molar-refractivity contribution < 1.29 is 18.8 Å².